The quantitative estimate of drug-likeness (QED) is 0.543. The zero-order chi connectivity index (χ0) is 17.4. The third kappa shape index (κ3) is 5.07. The van der Waals surface area contributed by atoms with E-state index in [1.54, 1.807) is 23.3 Å². The maximum absolute atomic E-state index is 8.58. The van der Waals surface area contributed by atoms with Crippen LogP contribution in [0.4, 0.5) is 5.69 Å². The van der Waals surface area contributed by atoms with Gasteiger partial charge in [-0.15, -0.1) is 0 Å². The number of anilines is 1. The lowest BCUT2D eigenvalue weighted by molar-refractivity contribution is -0.106. The lowest BCUT2D eigenvalue weighted by Crippen LogP contribution is -1.94. The van der Waals surface area contributed by atoms with Crippen LogP contribution in [0.25, 0.3) is 11.1 Å². The zero-order valence-electron chi connectivity index (χ0n) is 13.4. The van der Waals surface area contributed by atoms with Gasteiger partial charge in [0.2, 0.25) is 6.41 Å². The Hall–Kier alpha value is -2.38. The minimum Gasteiger partial charge on any atom is -0.372 e. The van der Waals surface area contributed by atoms with Gasteiger partial charge in [0.05, 0.1) is 11.4 Å². The topological polar surface area (TPSA) is 80.9 Å². The first-order valence-electron chi connectivity index (χ1n) is 7.14. The van der Waals surface area contributed by atoms with E-state index in [1.807, 2.05) is 32.3 Å². The van der Waals surface area contributed by atoms with Crippen LogP contribution in [0.3, 0.4) is 0 Å². The van der Waals surface area contributed by atoms with Crippen molar-refractivity contribution in [3.63, 3.8) is 0 Å². The van der Waals surface area contributed by atoms with Gasteiger partial charge < -0.3 is 10.5 Å². The number of amides is 1. The number of thiophene rings is 1. The molecule has 24 heavy (non-hydrogen) atoms. The summed E-state index contributed by atoms with van der Waals surface area (Å²) < 4.78 is 3.39. The Morgan fingerprint density at radius 3 is 2.67 bits per heavy atom. The molecule has 0 aliphatic heterocycles. The summed E-state index contributed by atoms with van der Waals surface area (Å²) in [6.45, 7) is 4.01. The van der Waals surface area contributed by atoms with Crippen LogP contribution in [0, 0.1) is 13.8 Å². The van der Waals surface area contributed by atoms with Crippen molar-refractivity contribution in [2.45, 2.75) is 18.7 Å². The second-order valence-corrected chi connectivity index (χ2v) is 6.50. The number of hydrogen-bond donors (Lipinski definition) is 2. The number of nitrogens with one attached hydrogen (secondary N) is 1. The number of carbonyl (C=O) groups is 1. The van der Waals surface area contributed by atoms with Crippen LogP contribution in [-0.2, 0) is 4.79 Å². The number of primary amides is 1. The summed E-state index contributed by atoms with van der Waals surface area (Å²) in [7, 11) is 0. The van der Waals surface area contributed by atoms with Crippen LogP contribution in [0.1, 0.15) is 11.4 Å². The van der Waals surface area contributed by atoms with Gasteiger partial charge in [0.1, 0.15) is 0 Å². The van der Waals surface area contributed by atoms with E-state index >= 15 is 0 Å². The molecule has 0 saturated heterocycles. The van der Waals surface area contributed by atoms with E-state index < -0.39 is 0 Å². The number of rotatable bonds is 4. The van der Waals surface area contributed by atoms with Crippen molar-refractivity contribution in [1.29, 1.82) is 0 Å². The molecule has 0 unspecified atom stereocenters. The molecule has 0 aromatic carbocycles. The summed E-state index contributed by atoms with van der Waals surface area (Å²) in [5.74, 6) is 0. The third-order valence-corrected chi connectivity index (χ3v) is 4.73. The van der Waals surface area contributed by atoms with Gasteiger partial charge in [-0.05, 0) is 61.0 Å². The maximum atomic E-state index is 8.58. The molecule has 0 fully saturated rings. The second kappa shape index (κ2) is 9.05. The molecule has 3 N–H and O–H groups in total. The molecule has 3 rings (SSSR count). The molecule has 5 nitrogen and oxygen atoms in total. The molecule has 0 bridgehead atoms. The Morgan fingerprint density at radius 2 is 2.00 bits per heavy atom. The molecular weight excluding hydrogens is 340 g/mol. The molecule has 0 radical (unpaired) electrons. The molecule has 0 spiro atoms. The smallest absolute Gasteiger partial charge is 0.204 e. The van der Waals surface area contributed by atoms with E-state index in [4.69, 9.17) is 4.79 Å². The van der Waals surface area contributed by atoms with Gasteiger partial charge in [-0.3, -0.25) is 14.8 Å². The van der Waals surface area contributed by atoms with Crippen molar-refractivity contribution in [3.8, 4) is 11.1 Å². The van der Waals surface area contributed by atoms with Crippen LogP contribution >= 0.6 is 23.3 Å². The van der Waals surface area contributed by atoms with Gasteiger partial charge in [-0.1, -0.05) is 0 Å². The first-order chi connectivity index (χ1) is 11.6. The molecule has 0 aliphatic carbocycles. The predicted molar refractivity (Wildman–Crippen MR) is 101 cm³/mol. The maximum Gasteiger partial charge on any atom is 0.204 e. The SMILES string of the molecule is Cc1cc(-c2cnc(C)c(NSc3ccsc3)c2)ccn1.NC=O. The summed E-state index contributed by atoms with van der Waals surface area (Å²) in [6.07, 6.45) is 3.99. The largest absolute Gasteiger partial charge is 0.372 e. The van der Waals surface area contributed by atoms with Crippen molar-refractivity contribution < 1.29 is 4.79 Å². The van der Waals surface area contributed by atoms with Crippen LogP contribution < -0.4 is 10.5 Å². The highest BCUT2D eigenvalue weighted by Crippen LogP contribution is 2.28. The highest BCUT2D eigenvalue weighted by Gasteiger charge is 2.05. The molecule has 3 aromatic rings. The molecule has 1 amide bonds. The standard InChI is InChI=1S/C16H15N3S2.CH3NO/c1-11-7-13(3-5-17-11)14-8-16(12(2)18-9-14)19-21-15-4-6-20-10-15;2-1-3/h3-10,19H,1-2H3;1H,(H2,2,3). The lowest BCUT2D eigenvalue weighted by atomic mass is 10.1. The number of nitrogens with two attached hydrogens (primary N) is 1. The van der Waals surface area contributed by atoms with Crippen molar-refractivity contribution in [1.82, 2.24) is 9.97 Å². The summed E-state index contributed by atoms with van der Waals surface area (Å²) in [6, 6.07) is 8.31. The monoisotopic (exact) mass is 358 g/mol. The van der Waals surface area contributed by atoms with Gasteiger partial charge >= 0.3 is 0 Å². The van der Waals surface area contributed by atoms with E-state index in [1.165, 1.54) is 4.90 Å². The molecular formula is C17H18N4OS2. The Balaban J connectivity index is 0.000000647. The summed E-state index contributed by atoms with van der Waals surface area (Å²) in [4.78, 5) is 18.5. The lowest BCUT2D eigenvalue weighted by Gasteiger charge is -2.10. The number of nitrogens with zero attached hydrogens (tertiary/aromatic N) is 2. The Bertz CT molecular complexity index is 791. The second-order valence-electron chi connectivity index (χ2n) is 4.84. The van der Waals surface area contributed by atoms with Gasteiger partial charge in [-0.2, -0.15) is 11.3 Å². The normalized spacial score (nSPS) is 9.75. The van der Waals surface area contributed by atoms with Crippen LogP contribution in [0.15, 0.2) is 52.3 Å². The summed E-state index contributed by atoms with van der Waals surface area (Å²) >= 11 is 3.31. The molecule has 0 atom stereocenters. The van der Waals surface area contributed by atoms with Gasteiger partial charge in [0.25, 0.3) is 0 Å². The molecule has 124 valence electrons. The van der Waals surface area contributed by atoms with Crippen molar-refractivity contribution in [2.75, 3.05) is 4.72 Å². The summed E-state index contributed by atoms with van der Waals surface area (Å²) in [5, 5.41) is 4.20. The average molecular weight is 358 g/mol. The van der Waals surface area contributed by atoms with Crippen LogP contribution in [0.5, 0.6) is 0 Å². The van der Waals surface area contributed by atoms with Gasteiger partial charge in [-0.25, -0.2) is 0 Å². The molecule has 3 aromatic heterocycles. The first-order valence-corrected chi connectivity index (χ1v) is 8.90. The number of hydrogen-bond acceptors (Lipinski definition) is 6. The fourth-order valence-electron chi connectivity index (χ4n) is 1.94. The predicted octanol–water partition coefficient (Wildman–Crippen LogP) is 4.04. The van der Waals surface area contributed by atoms with E-state index in [0.29, 0.717) is 0 Å². The fourth-order valence-corrected chi connectivity index (χ4v) is 3.48. The van der Waals surface area contributed by atoms with Crippen molar-refractivity contribution in [2.24, 2.45) is 5.73 Å². The fraction of sp³-hybridized carbons (Fsp3) is 0.118. The molecule has 0 saturated carbocycles. The minimum absolute atomic E-state index is 0.250. The Labute approximate surface area is 149 Å². The highest BCUT2D eigenvalue weighted by molar-refractivity contribution is 8.00. The van der Waals surface area contributed by atoms with Crippen LogP contribution in [-0.4, -0.2) is 16.4 Å². The first kappa shape index (κ1) is 18.0. The van der Waals surface area contributed by atoms with E-state index in [2.05, 4.69) is 49.4 Å². The van der Waals surface area contributed by atoms with Crippen LogP contribution in [0.2, 0.25) is 0 Å². The number of aryl methyl sites for hydroxylation is 2. The third-order valence-electron chi connectivity index (χ3n) is 3.09. The molecule has 3 heterocycles. The van der Waals surface area contributed by atoms with Crippen molar-refractivity contribution in [3.05, 3.63) is 58.8 Å². The molecule has 7 heteroatoms. The number of carbonyl (C=O) groups excluding carboxylic acids is 1. The summed E-state index contributed by atoms with van der Waals surface area (Å²) in [5.41, 5.74) is 9.44. The number of aromatic nitrogens is 2. The molecule has 0 aliphatic rings. The Kier molecular flexibility index (Phi) is 6.77. The van der Waals surface area contributed by atoms with E-state index in [0.717, 1.165) is 28.2 Å². The van der Waals surface area contributed by atoms with Crippen molar-refractivity contribution >= 4 is 35.4 Å². The average Bonchev–Trinajstić information content (AvgIpc) is 3.08. The van der Waals surface area contributed by atoms with Gasteiger partial charge in [0, 0.05) is 33.9 Å². The highest BCUT2D eigenvalue weighted by atomic mass is 32.2. The number of pyridine rings is 2. The van der Waals surface area contributed by atoms with E-state index in [9.17, 15) is 0 Å². The Morgan fingerprint density at radius 1 is 1.21 bits per heavy atom. The minimum atomic E-state index is 0.250. The zero-order valence-corrected chi connectivity index (χ0v) is 15.0. The van der Waals surface area contributed by atoms with Gasteiger partial charge in [0.15, 0.2) is 0 Å². The van der Waals surface area contributed by atoms with E-state index in [-0.39, 0.29) is 6.41 Å².